The van der Waals surface area contributed by atoms with Crippen molar-refractivity contribution < 1.29 is 0 Å². The average molecular weight is 260 g/mol. The third-order valence-corrected chi connectivity index (χ3v) is 3.11. The van der Waals surface area contributed by atoms with Crippen LogP contribution in [0.4, 0.5) is 5.69 Å². The van der Waals surface area contributed by atoms with Crippen LogP contribution in [0.3, 0.4) is 0 Å². The Bertz CT molecular complexity index is 320. The Hall–Kier alpha value is -0.400. The second kappa shape index (κ2) is 7.03. The van der Waals surface area contributed by atoms with Gasteiger partial charge in [0.25, 0.3) is 0 Å². The normalized spacial score (nSPS) is 10.5. The van der Waals surface area contributed by atoms with Gasteiger partial charge in [-0.3, -0.25) is 0 Å². The first kappa shape index (κ1) is 13.7. The highest BCUT2D eigenvalue weighted by atomic mass is 35.5. The lowest BCUT2D eigenvalue weighted by Gasteiger charge is -2.25. The van der Waals surface area contributed by atoms with E-state index in [1.54, 1.807) is 0 Å². The molecule has 0 atom stereocenters. The van der Waals surface area contributed by atoms with E-state index in [4.69, 9.17) is 23.2 Å². The molecule has 0 aromatic heterocycles. The van der Waals surface area contributed by atoms with E-state index in [2.05, 4.69) is 24.8 Å². The lowest BCUT2D eigenvalue weighted by molar-refractivity contribution is 0.745. The number of rotatable bonds is 6. The summed E-state index contributed by atoms with van der Waals surface area (Å²) < 4.78 is 0. The van der Waals surface area contributed by atoms with E-state index >= 15 is 0 Å². The maximum atomic E-state index is 6.27. The summed E-state index contributed by atoms with van der Waals surface area (Å²) >= 11 is 12.1. The molecule has 3 heteroatoms. The van der Waals surface area contributed by atoms with Gasteiger partial charge in [-0.1, -0.05) is 31.5 Å². The van der Waals surface area contributed by atoms with Crippen LogP contribution < -0.4 is 4.90 Å². The zero-order valence-corrected chi connectivity index (χ0v) is 11.5. The Morgan fingerprint density at radius 2 is 1.75 bits per heavy atom. The van der Waals surface area contributed by atoms with Crippen molar-refractivity contribution >= 4 is 28.9 Å². The zero-order chi connectivity index (χ0) is 12.0. The highest BCUT2D eigenvalue weighted by Gasteiger charge is 2.09. The molecule has 0 spiro atoms. The van der Waals surface area contributed by atoms with Gasteiger partial charge in [0.2, 0.25) is 0 Å². The topological polar surface area (TPSA) is 3.24 Å². The van der Waals surface area contributed by atoms with Crippen molar-refractivity contribution in [2.75, 3.05) is 18.0 Å². The molecule has 0 heterocycles. The molecule has 90 valence electrons. The van der Waals surface area contributed by atoms with Crippen LogP contribution in [-0.2, 0) is 5.88 Å². The van der Waals surface area contributed by atoms with Crippen LogP contribution in [0.2, 0.25) is 5.02 Å². The second-order valence-electron chi connectivity index (χ2n) is 3.91. The minimum atomic E-state index is 0.515. The molecule has 0 unspecified atom stereocenters. The van der Waals surface area contributed by atoms with Crippen LogP contribution in [0.15, 0.2) is 18.2 Å². The fraction of sp³-hybridized carbons (Fsp3) is 0.538. The van der Waals surface area contributed by atoms with E-state index in [1.807, 2.05) is 12.1 Å². The summed E-state index contributed by atoms with van der Waals surface area (Å²) in [5.74, 6) is 0.515. The van der Waals surface area contributed by atoms with Crippen LogP contribution in [0, 0.1) is 0 Å². The van der Waals surface area contributed by atoms with Gasteiger partial charge in [-0.15, -0.1) is 11.6 Å². The second-order valence-corrected chi connectivity index (χ2v) is 4.58. The first-order valence-electron chi connectivity index (χ1n) is 5.82. The van der Waals surface area contributed by atoms with Gasteiger partial charge in [0, 0.05) is 19.0 Å². The molecule has 16 heavy (non-hydrogen) atoms. The Morgan fingerprint density at radius 3 is 2.19 bits per heavy atom. The zero-order valence-electron chi connectivity index (χ0n) is 9.97. The van der Waals surface area contributed by atoms with Crippen molar-refractivity contribution in [2.24, 2.45) is 0 Å². The van der Waals surface area contributed by atoms with Gasteiger partial charge in [0.1, 0.15) is 0 Å². The van der Waals surface area contributed by atoms with Crippen molar-refractivity contribution in [1.29, 1.82) is 0 Å². The number of benzene rings is 1. The molecular weight excluding hydrogens is 241 g/mol. The molecule has 0 N–H and O–H groups in total. The summed E-state index contributed by atoms with van der Waals surface area (Å²) in [6, 6.07) is 6.08. The molecule has 0 saturated carbocycles. The first-order valence-corrected chi connectivity index (χ1v) is 6.73. The van der Waals surface area contributed by atoms with Crippen molar-refractivity contribution in [3.05, 3.63) is 28.8 Å². The van der Waals surface area contributed by atoms with Gasteiger partial charge < -0.3 is 4.90 Å². The van der Waals surface area contributed by atoms with Crippen molar-refractivity contribution in [3.63, 3.8) is 0 Å². The van der Waals surface area contributed by atoms with Crippen LogP contribution in [-0.4, -0.2) is 13.1 Å². The number of halogens is 2. The molecule has 0 aliphatic rings. The van der Waals surface area contributed by atoms with Crippen molar-refractivity contribution in [1.82, 2.24) is 0 Å². The molecule has 1 rings (SSSR count). The van der Waals surface area contributed by atoms with Gasteiger partial charge in [-0.2, -0.15) is 0 Å². The van der Waals surface area contributed by atoms with E-state index in [-0.39, 0.29) is 0 Å². The van der Waals surface area contributed by atoms with Crippen LogP contribution in [0.1, 0.15) is 32.3 Å². The van der Waals surface area contributed by atoms with Gasteiger partial charge in [-0.05, 0) is 30.5 Å². The standard InChI is InChI=1S/C13H19Cl2N/c1-3-7-16(8-4-2)13-6-5-11(10-14)9-12(13)15/h5-6,9H,3-4,7-8,10H2,1-2H3. The SMILES string of the molecule is CCCN(CCC)c1ccc(CCl)cc1Cl. The van der Waals surface area contributed by atoms with E-state index in [9.17, 15) is 0 Å². The third-order valence-electron chi connectivity index (χ3n) is 2.49. The number of alkyl halides is 1. The van der Waals surface area contributed by atoms with E-state index in [0.29, 0.717) is 5.88 Å². The van der Waals surface area contributed by atoms with Gasteiger partial charge in [0.15, 0.2) is 0 Å². The average Bonchev–Trinajstić information content (AvgIpc) is 2.29. The quantitative estimate of drug-likeness (QED) is 0.670. The summed E-state index contributed by atoms with van der Waals surface area (Å²) in [4.78, 5) is 2.33. The van der Waals surface area contributed by atoms with Crippen LogP contribution in [0.25, 0.3) is 0 Å². The van der Waals surface area contributed by atoms with Crippen molar-refractivity contribution in [2.45, 2.75) is 32.6 Å². The summed E-state index contributed by atoms with van der Waals surface area (Å²) in [6.07, 6.45) is 2.27. The van der Waals surface area contributed by atoms with Gasteiger partial charge in [0.05, 0.1) is 10.7 Å². The monoisotopic (exact) mass is 259 g/mol. The summed E-state index contributed by atoms with van der Waals surface area (Å²) in [6.45, 7) is 6.47. The Morgan fingerprint density at radius 1 is 1.12 bits per heavy atom. The highest BCUT2D eigenvalue weighted by molar-refractivity contribution is 6.33. The molecule has 1 nitrogen and oxygen atoms in total. The molecule has 0 fully saturated rings. The lowest BCUT2D eigenvalue weighted by atomic mass is 10.2. The number of anilines is 1. The summed E-state index contributed by atoms with van der Waals surface area (Å²) in [5, 5.41) is 0.806. The Balaban J connectivity index is 2.90. The number of hydrogen-bond acceptors (Lipinski definition) is 1. The minimum absolute atomic E-state index is 0.515. The summed E-state index contributed by atoms with van der Waals surface area (Å²) in [5.41, 5.74) is 2.20. The largest absolute Gasteiger partial charge is 0.370 e. The van der Waals surface area contributed by atoms with Crippen LogP contribution in [0.5, 0.6) is 0 Å². The molecule has 1 aromatic rings. The highest BCUT2D eigenvalue weighted by Crippen LogP contribution is 2.27. The smallest absolute Gasteiger partial charge is 0.0642 e. The molecule has 0 bridgehead atoms. The fourth-order valence-corrected chi connectivity index (χ4v) is 2.27. The van der Waals surface area contributed by atoms with Crippen molar-refractivity contribution in [3.8, 4) is 0 Å². The Labute approximate surface area is 108 Å². The van der Waals surface area contributed by atoms with Crippen LogP contribution >= 0.6 is 23.2 Å². The molecule has 1 aromatic carbocycles. The molecule has 0 aliphatic heterocycles. The molecule has 0 radical (unpaired) electrons. The molecule has 0 amide bonds. The molecule has 0 aliphatic carbocycles. The summed E-state index contributed by atoms with van der Waals surface area (Å²) in [7, 11) is 0. The minimum Gasteiger partial charge on any atom is -0.370 e. The maximum absolute atomic E-state index is 6.27. The Kier molecular flexibility index (Phi) is 6.00. The number of hydrogen-bond donors (Lipinski definition) is 0. The van der Waals surface area contributed by atoms with E-state index in [1.165, 1.54) is 0 Å². The predicted molar refractivity (Wildman–Crippen MR) is 73.8 cm³/mol. The van der Waals surface area contributed by atoms with E-state index in [0.717, 1.165) is 42.2 Å². The molecule has 0 saturated heterocycles. The maximum Gasteiger partial charge on any atom is 0.0642 e. The predicted octanol–water partition coefficient (Wildman–Crippen LogP) is 4.71. The van der Waals surface area contributed by atoms with Gasteiger partial charge >= 0.3 is 0 Å². The first-order chi connectivity index (χ1) is 7.72. The number of nitrogens with zero attached hydrogens (tertiary/aromatic N) is 1. The molecular formula is C13H19Cl2N. The third kappa shape index (κ3) is 3.57. The fourth-order valence-electron chi connectivity index (χ4n) is 1.78. The van der Waals surface area contributed by atoms with Gasteiger partial charge in [-0.25, -0.2) is 0 Å². The lowest BCUT2D eigenvalue weighted by Crippen LogP contribution is -2.25. The van der Waals surface area contributed by atoms with E-state index < -0.39 is 0 Å².